The van der Waals surface area contributed by atoms with Gasteiger partial charge in [0.2, 0.25) is 0 Å². The highest BCUT2D eigenvalue weighted by atomic mass is 14.0. The minimum absolute atomic E-state index is 0.824. The van der Waals surface area contributed by atoms with Gasteiger partial charge in [-0.1, -0.05) is 6.92 Å². The Bertz CT molecular complexity index is 82.3. The van der Waals surface area contributed by atoms with Crippen molar-refractivity contribution in [2.45, 2.75) is 19.8 Å². The molecule has 0 fully saturated rings. The topological polar surface area (TPSA) is 0 Å². The Morgan fingerprint density at radius 2 is 1.83 bits per heavy atom. The Hall–Kier alpha value is -0.440. The van der Waals surface area contributed by atoms with Crippen molar-refractivity contribution in [1.82, 2.24) is 0 Å². The van der Waals surface area contributed by atoms with Crippen molar-refractivity contribution in [1.29, 1.82) is 0 Å². The van der Waals surface area contributed by atoms with E-state index >= 15 is 0 Å². The van der Waals surface area contributed by atoms with Gasteiger partial charge in [0.25, 0.3) is 0 Å². The lowest BCUT2D eigenvalue weighted by molar-refractivity contribution is 0.644. The summed E-state index contributed by atoms with van der Waals surface area (Å²) in [5.41, 5.74) is 0. The molecule has 1 aliphatic carbocycles. The van der Waals surface area contributed by atoms with Gasteiger partial charge in [-0.25, -0.2) is 0 Å². The summed E-state index contributed by atoms with van der Waals surface area (Å²) in [6.07, 6.45) is 2.25. The van der Waals surface area contributed by atoms with E-state index in [1.54, 1.807) is 0 Å². The Morgan fingerprint density at radius 1 is 1.33 bits per heavy atom. The monoisotopic (exact) mass is 80.1 g/mol. The molecule has 0 aliphatic heterocycles. The molecule has 0 heteroatoms. The van der Waals surface area contributed by atoms with Crippen molar-refractivity contribution in [2.24, 2.45) is 5.92 Å². The van der Waals surface area contributed by atoms with Gasteiger partial charge in [-0.2, -0.15) is 0 Å². The number of hydrogen-bond donors (Lipinski definition) is 0. The van der Waals surface area contributed by atoms with Crippen LogP contribution in [0.4, 0.5) is 0 Å². The molecule has 0 radical (unpaired) electrons. The highest BCUT2D eigenvalue weighted by Crippen LogP contribution is 2.09. The van der Waals surface area contributed by atoms with Crippen molar-refractivity contribution < 1.29 is 0 Å². The first-order chi connectivity index (χ1) is 2.89. The molecule has 0 unspecified atom stereocenters. The molecule has 0 aromatic carbocycles. The van der Waals surface area contributed by atoms with E-state index in [9.17, 15) is 0 Å². The van der Waals surface area contributed by atoms with Gasteiger partial charge in [-0.05, 0) is 5.92 Å². The Labute approximate surface area is 38.6 Å². The summed E-state index contributed by atoms with van der Waals surface area (Å²) in [5.74, 6) is 6.87. The van der Waals surface area contributed by atoms with Crippen LogP contribution in [0.5, 0.6) is 0 Å². The molecule has 0 spiro atoms. The molecule has 0 amide bonds. The second-order valence-electron chi connectivity index (χ2n) is 1.87. The summed E-state index contributed by atoms with van der Waals surface area (Å²) in [7, 11) is 0. The van der Waals surface area contributed by atoms with Crippen LogP contribution in [0.2, 0.25) is 0 Å². The van der Waals surface area contributed by atoms with E-state index in [4.69, 9.17) is 0 Å². The number of hydrogen-bond acceptors (Lipinski definition) is 0. The zero-order valence-corrected chi connectivity index (χ0v) is 3.99. The Balaban J connectivity index is 2.37. The molecule has 0 saturated carbocycles. The third kappa shape index (κ3) is 0.542. The predicted molar refractivity (Wildman–Crippen MR) is 26.2 cm³/mol. The van der Waals surface area contributed by atoms with Crippen molar-refractivity contribution in [2.75, 3.05) is 0 Å². The average Bonchev–Trinajstić information content (AvgIpc) is 1.86. The molecular weight excluding hydrogens is 72.1 g/mol. The van der Waals surface area contributed by atoms with Gasteiger partial charge in [0.05, 0.1) is 0 Å². The van der Waals surface area contributed by atoms with Crippen LogP contribution in [-0.2, 0) is 0 Å². The molecular formula is C6H8. The van der Waals surface area contributed by atoms with Crippen LogP contribution in [0.15, 0.2) is 0 Å². The van der Waals surface area contributed by atoms with E-state index in [0.717, 1.165) is 18.8 Å². The van der Waals surface area contributed by atoms with Crippen LogP contribution < -0.4 is 0 Å². The summed E-state index contributed by atoms with van der Waals surface area (Å²) in [5, 5.41) is 0. The molecule has 0 aromatic rings. The molecule has 0 saturated heterocycles. The fourth-order valence-electron chi connectivity index (χ4n) is 0.565. The van der Waals surface area contributed by atoms with E-state index in [1.165, 1.54) is 0 Å². The standard InChI is InChI=1S/C6H8/c1-6-4-2-3-5-6/h6H,4-5H2,1H3. The average molecular weight is 80.1 g/mol. The van der Waals surface area contributed by atoms with E-state index in [-0.39, 0.29) is 0 Å². The molecule has 0 aromatic heterocycles. The Morgan fingerprint density at radius 3 is 2.00 bits per heavy atom. The maximum Gasteiger partial charge on any atom is 0.0123 e. The highest BCUT2D eigenvalue weighted by molar-refractivity contribution is 5.07. The summed E-state index contributed by atoms with van der Waals surface area (Å²) < 4.78 is 0. The zero-order chi connectivity index (χ0) is 4.41. The first kappa shape index (κ1) is 3.74. The van der Waals surface area contributed by atoms with Crippen LogP contribution in [0.1, 0.15) is 19.8 Å². The predicted octanol–water partition coefficient (Wildman–Crippen LogP) is 1.42. The van der Waals surface area contributed by atoms with Gasteiger partial charge in [0, 0.05) is 12.8 Å². The minimum Gasteiger partial charge on any atom is -0.103 e. The van der Waals surface area contributed by atoms with Crippen LogP contribution in [0, 0.1) is 17.8 Å². The first-order valence-electron chi connectivity index (χ1n) is 2.35. The third-order valence-corrected chi connectivity index (χ3v) is 1.03. The van der Waals surface area contributed by atoms with Crippen LogP contribution >= 0.6 is 0 Å². The summed E-state index contributed by atoms with van der Waals surface area (Å²) in [4.78, 5) is 0. The molecule has 0 bridgehead atoms. The molecule has 0 heterocycles. The summed E-state index contributed by atoms with van der Waals surface area (Å²) in [6, 6.07) is 0. The lowest BCUT2D eigenvalue weighted by Crippen LogP contribution is -1.81. The fraction of sp³-hybridized carbons (Fsp3) is 0.667. The largest absolute Gasteiger partial charge is 0.103 e. The van der Waals surface area contributed by atoms with Gasteiger partial charge < -0.3 is 0 Å². The zero-order valence-electron chi connectivity index (χ0n) is 3.99. The maximum absolute atomic E-state index is 3.02. The highest BCUT2D eigenvalue weighted by Gasteiger charge is 1.99. The lowest BCUT2D eigenvalue weighted by atomic mass is 10.1. The lowest BCUT2D eigenvalue weighted by Gasteiger charge is -1.90. The summed E-state index contributed by atoms with van der Waals surface area (Å²) >= 11 is 0. The maximum atomic E-state index is 3.02. The van der Waals surface area contributed by atoms with E-state index in [1.807, 2.05) is 0 Å². The van der Waals surface area contributed by atoms with E-state index in [2.05, 4.69) is 18.8 Å². The van der Waals surface area contributed by atoms with Crippen molar-refractivity contribution in [3.05, 3.63) is 0 Å². The van der Waals surface area contributed by atoms with Gasteiger partial charge in [0.1, 0.15) is 0 Å². The first-order valence-corrected chi connectivity index (χ1v) is 2.35. The summed E-state index contributed by atoms with van der Waals surface area (Å²) in [6.45, 7) is 2.22. The van der Waals surface area contributed by atoms with Gasteiger partial charge in [-0.15, -0.1) is 11.8 Å². The molecule has 0 nitrogen and oxygen atoms in total. The molecule has 0 N–H and O–H groups in total. The molecule has 1 aliphatic rings. The second kappa shape index (κ2) is 1.34. The second-order valence-corrected chi connectivity index (χ2v) is 1.87. The van der Waals surface area contributed by atoms with Gasteiger partial charge >= 0.3 is 0 Å². The minimum atomic E-state index is 0.824. The quantitative estimate of drug-likeness (QED) is 0.386. The van der Waals surface area contributed by atoms with E-state index < -0.39 is 0 Å². The normalized spacial score (nSPS) is 20.2. The van der Waals surface area contributed by atoms with Gasteiger partial charge in [0.15, 0.2) is 0 Å². The fourth-order valence-corrected chi connectivity index (χ4v) is 0.565. The van der Waals surface area contributed by atoms with E-state index in [0.29, 0.717) is 0 Å². The number of rotatable bonds is 0. The molecule has 6 heavy (non-hydrogen) atoms. The van der Waals surface area contributed by atoms with Crippen LogP contribution in [-0.4, -0.2) is 0 Å². The van der Waals surface area contributed by atoms with Crippen LogP contribution in [0.25, 0.3) is 0 Å². The molecule has 32 valence electrons. The third-order valence-electron chi connectivity index (χ3n) is 1.03. The SMILES string of the molecule is CC1CC#CC1. The van der Waals surface area contributed by atoms with Crippen LogP contribution in [0.3, 0.4) is 0 Å². The van der Waals surface area contributed by atoms with Gasteiger partial charge in [-0.3, -0.25) is 0 Å². The van der Waals surface area contributed by atoms with Crippen molar-refractivity contribution >= 4 is 0 Å². The molecule has 1 rings (SSSR count). The molecule has 0 atom stereocenters. The smallest absolute Gasteiger partial charge is 0.0123 e. The van der Waals surface area contributed by atoms with Crippen molar-refractivity contribution in [3.8, 4) is 11.8 Å². The van der Waals surface area contributed by atoms with Crippen molar-refractivity contribution in [3.63, 3.8) is 0 Å². The Kier molecular flexibility index (Phi) is 0.837.